The van der Waals surface area contributed by atoms with Gasteiger partial charge in [0.25, 0.3) is 5.56 Å². The predicted octanol–water partition coefficient (Wildman–Crippen LogP) is 6.01. The number of ether oxygens (including phenoxy) is 1. The third-order valence-corrected chi connectivity index (χ3v) is 9.11. The van der Waals surface area contributed by atoms with E-state index in [0.717, 1.165) is 12.8 Å². The van der Waals surface area contributed by atoms with Crippen LogP contribution in [0.15, 0.2) is 76.9 Å². The molecule has 14 heteroatoms. The second-order valence-electron chi connectivity index (χ2n) is 13.8. The van der Waals surface area contributed by atoms with Crippen molar-refractivity contribution in [2.45, 2.75) is 70.8 Å². The monoisotopic (exact) mass is 693 g/mol. The number of carbonyl (C=O) groups excluding carboxylic acids is 1. The number of H-pyrrole nitrogens is 1. The number of aromatic nitrogens is 4. The molecule has 0 bridgehead atoms. The Hall–Kier alpha value is -4.62. The quantitative estimate of drug-likeness (QED) is 0.162. The normalized spacial score (nSPS) is 20.0. The van der Waals surface area contributed by atoms with Crippen LogP contribution in [0.1, 0.15) is 70.2 Å². The standard InChI is InChI=1S/C35H38ClF2N7O4/c1-34(2,3)19-35(24-9-6-21(7-10-24)23-16-41-44(17-23)32(37)38)31(48)45(33(39)43-35)27(18-49-29(47)14-20-4-5-20)22-8-11-26(36)25(15-22)30-40-13-12-28(46)42-30/h6-13,15-17,20,27,31-32,48H,4-5,14,18-19H2,1-3H3,(H2,39,43)(H,40,42,46)/t27-,31+,35-/m1/s1. The van der Waals surface area contributed by atoms with Crippen LogP contribution >= 0.6 is 11.6 Å². The molecule has 4 N–H and O–H groups in total. The number of aromatic amines is 1. The predicted molar refractivity (Wildman–Crippen MR) is 180 cm³/mol. The van der Waals surface area contributed by atoms with Gasteiger partial charge in [-0.1, -0.05) is 62.7 Å². The number of aliphatic imine (C=N–C) groups is 1. The number of halogens is 3. The van der Waals surface area contributed by atoms with Crippen molar-refractivity contribution in [2.24, 2.45) is 22.1 Å². The topological polar surface area (TPSA) is 152 Å². The lowest BCUT2D eigenvalue weighted by Gasteiger charge is -2.40. The van der Waals surface area contributed by atoms with E-state index >= 15 is 0 Å². The van der Waals surface area contributed by atoms with Crippen LogP contribution in [0.2, 0.25) is 5.02 Å². The van der Waals surface area contributed by atoms with Gasteiger partial charge >= 0.3 is 12.5 Å². The minimum atomic E-state index is -2.76. The fourth-order valence-electron chi connectivity index (χ4n) is 6.37. The fourth-order valence-corrected chi connectivity index (χ4v) is 6.58. The number of nitrogens with one attached hydrogen (secondary N) is 1. The zero-order valence-corrected chi connectivity index (χ0v) is 28.1. The average Bonchev–Trinajstić information content (AvgIpc) is 3.64. The maximum Gasteiger partial charge on any atom is 0.333 e. The van der Waals surface area contributed by atoms with Gasteiger partial charge in [-0.05, 0) is 59.4 Å². The minimum Gasteiger partial charge on any atom is -0.463 e. The molecule has 0 unspecified atom stereocenters. The smallest absolute Gasteiger partial charge is 0.333 e. The third-order valence-electron chi connectivity index (χ3n) is 8.78. The van der Waals surface area contributed by atoms with Gasteiger partial charge in [-0.2, -0.15) is 13.9 Å². The van der Waals surface area contributed by atoms with Crippen LogP contribution in [0.4, 0.5) is 8.78 Å². The van der Waals surface area contributed by atoms with E-state index in [1.54, 1.807) is 47.4 Å². The van der Waals surface area contributed by atoms with Gasteiger partial charge in [-0.25, -0.2) is 14.7 Å². The van der Waals surface area contributed by atoms with Gasteiger partial charge in [0.1, 0.15) is 18.0 Å². The third kappa shape index (κ3) is 7.37. The molecule has 1 aliphatic heterocycles. The lowest BCUT2D eigenvalue weighted by atomic mass is 9.75. The molecular formula is C35H38ClF2N7O4. The summed E-state index contributed by atoms with van der Waals surface area (Å²) < 4.78 is 32.7. The van der Waals surface area contributed by atoms with Crippen LogP contribution in [0.3, 0.4) is 0 Å². The summed E-state index contributed by atoms with van der Waals surface area (Å²) in [6, 6.07) is 12.7. The minimum absolute atomic E-state index is 0.0324. The molecule has 3 atom stereocenters. The number of carbonyl (C=O) groups is 1. The number of aliphatic hydroxyl groups excluding tert-OH is 1. The van der Waals surface area contributed by atoms with E-state index < -0.39 is 24.4 Å². The molecule has 1 aliphatic carbocycles. The van der Waals surface area contributed by atoms with E-state index in [4.69, 9.17) is 27.1 Å². The molecule has 0 saturated heterocycles. The first-order valence-electron chi connectivity index (χ1n) is 16.0. The van der Waals surface area contributed by atoms with E-state index in [2.05, 4.69) is 15.1 Å². The number of hydrogen-bond donors (Lipinski definition) is 3. The maximum atomic E-state index is 13.2. The molecule has 0 amide bonds. The molecule has 2 aromatic carbocycles. The summed E-state index contributed by atoms with van der Waals surface area (Å²) in [5, 5.41) is 16.4. The van der Waals surface area contributed by atoms with E-state index in [-0.39, 0.29) is 35.3 Å². The lowest BCUT2D eigenvalue weighted by Crippen LogP contribution is -2.50. The van der Waals surface area contributed by atoms with Gasteiger partial charge < -0.3 is 25.5 Å². The SMILES string of the molecule is CC(C)(C)C[C@]1(c2ccc(-c3cnn(C(F)F)c3)cc2)N=C(N)N([C@H](COC(=O)CC2CC2)c2ccc(Cl)c(-c3nccc(=O)[nH]3)c2)[C@H]1O. The summed E-state index contributed by atoms with van der Waals surface area (Å²) in [4.78, 5) is 38.4. The van der Waals surface area contributed by atoms with E-state index in [1.165, 1.54) is 24.7 Å². The molecule has 3 heterocycles. The van der Waals surface area contributed by atoms with Crippen molar-refractivity contribution in [3.8, 4) is 22.5 Å². The van der Waals surface area contributed by atoms with Crippen LogP contribution < -0.4 is 11.3 Å². The number of hydrogen-bond acceptors (Lipinski definition) is 9. The number of rotatable bonds is 11. The van der Waals surface area contributed by atoms with Gasteiger partial charge in [0, 0.05) is 36.0 Å². The number of aliphatic hydroxyl groups is 1. The van der Waals surface area contributed by atoms with Crippen molar-refractivity contribution >= 4 is 23.5 Å². The Labute approximate surface area is 286 Å². The fraction of sp³-hybridized carbons (Fsp3) is 0.400. The van der Waals surface area contributed by atoms with Crippen LogP contribution in [-0.4, -0.2) is 54.5 Å². The summed E-state index contributed by atoms with van der Waals surface area (Å²) in [5.74, 6) is 0.232. The number of alkyl halides is 2. The second-order valence-corrected chi connectivity index (χ2v) is 14.3. The van der Waals surface area contributed by atoms with Gasteiger partial charge in [0.2, 0.25) is 0 Å². The summed E-state index contributed by atoms with van der Waals surface area (Å²) in [6.07, 6.45) is 5.32. The molecule has 1 fully saturated rings. The first-order valence-corrected chi connectivity index (χ1v) is 16.4. The molecule has 49 heavy (non-hydrogen) atoms. The van der Waals surface area contributed by atoms with Crippen molar-refractivity contribution < 1.29 is 23.4 Å². The van der Waals surface area contributed by atoms with Crippen molar-refractivity contribution in [3.63, 3.8) is 0 Å². The number of benzene rings is 2. The van der Waals surface area contributed by atoms with Crippen LogP contribution in [0, 0.1) is 11.3 Å². The molecular weight excluding hydrogens is 656 g/mol. The molecule has 258 valence electrons. The summed E-state index contributed by atoms with van der Waals surface area (Å²) in [7, 11) is 0. The highest BCUT2D eigenvalue weighted by atomic mass is 35.5. The lowest BCUT2D eigenvalue weighted by molar-refractivity contribution is -0.147. The Bertz CT molecular complexity index is 1920. The Morgan fingerprint density at radius 1 is 1.16 bits per heavy atom. The van der Waals surface area contributed by atoms with E-state index in [0.29, 0.717) is 56.3 Å². The Morgan fingerprint density at radius 3 is 2.53 bits per heavy atom. The van der Waals surface area contributed by atoms with Crippen molar-refractivity contribution in [1.29, 1.82) is 0 Å². The van der Waals surface area contributed by atoms with Gasteiger partial charge in [-0.3, -0.25) is 9.59 Å². The molecule has 11 nitrogen and oxygen atoms in total. The molecule has 0 radical (unpaired) electrons. The highest BCUT2D eigenvalue weighted by molar-refractivity contribution is 6.33. The van der Waals surface area contributed by atoms with Crippen molar-refractivity contribution in [1.82, 2.24) is 24.6 Å². The van der Waals surface area contributed by atoms with E-state index in [1.807, 2.05) is 20.8 Å². The van der Waals surface area contributed by atoms with Crippen LogP contribution in [-0.2, 0) is 15.1 Å². The average molecular weight is 694 g/mol. The van der Waals surface area contributed by atoms with Gasteiger partial charge in [0.05, 0.1) is 17.3 Å². The van der Waals surface area contributed by atoms with Crippen molar-refractivity contribution in [2.75, 3.05) is 6.61 Å². The first kappa shape index (κ1) is 34.3. The molecule has 4 aromatic rings. The van der Waals surface area contributed by atoms with Gasteiger partial charge in [0.15, 0.2) is 12.2 Å². The van der Waals surface area contributed by atoms with Crippen LogP contribution in [0.25, 0.3) is 22.5 Å². The Morgan fingerprint density at radius 2 is 1.90 bits per heavy atom. The number of esters is 1. The molecule has 1 saturated carbocycles. The zero-order valence-electron chi connectivity index (χ0n) is 27.3. The zero-order chi connectivity index (χ0) is 35.1. The largest absolute Gasteiger partial charge is 0.463 e. The molecule has 6 rings (SSSR count). The van der Waals surface area contributed by atoms with Crippen molar-refractivity contribution in [3.05, 3.63) is 93.6 Å². The van der Waals surface area contributed by atoms with E-state index in [9.17, 15) is 23.5 Å². The highest BCUT2D eigenvalue weighted by Crippen LogP contribution is 2.48. The maximum absolute atomic E-state index is 13.2. The number of nitrogens with zero attached hydrogens (tertiary/aromatic N) is 5. The number of guanidine groups is 1. The highest BCUT2D eigenvalue weighted by Gasteiger charge is 2.53. The summed E-state index contributed by atoms with van der Waals surface area (Å²) >= 11 is 6.57. The number of nitrogens with two attached hydrogens (primary N) is 1. The van der Waals surface area contributed by atoms with Gasteiger partial charge in [-0.15, -0.1) is 0 Å². The Balaban J connectivity index is 1.39. The molecule has 2 aromatic heterocycles. The second kappa shape index (κ2) is 13.4. The molecule has 2 aliphatic rings. The summed E-state index contributed by atoms with van der Waals surface area (Å²) in [5.41, 5.74) is 7.57. The first-order chi connectivity index (χ1) is 23.2. The summed E-state index contributed by atoms with van der Waals surface area (Å²) in [6.45, 7) is 3.17. The Kier molecular flexibility index (Phi) is 9.34. The molecule has 0 spiro atoms. The van der Waals surface area contributed by atoms with Crippen LogP contribution in [0.5, 0.6) is 0 Å².